The summed E-state index contributed by atoms with van der Waals surface area (Å²) in [5.41, 5.74) is 2.74. The van der Waals surface area contributed by atoms with Crippen molar-refractivity contribution >= 4 is 25.0 Å². The molecule has 0 saturated heterocycles. The minimum atomic E-state index is -0.675. The van der Waals surface area contributed by atoms with E-state index in [1.807, 2.05) is 0 Å². The van der Waals surface area contributed by atoms with E-state index in [2.05, 4.69) is 74.1 Å². The molecule has 3 heteroatoms. The van der Waals surface area contributed by atoms with Crippen LogP contribution in [-0.4, -0.2) is 9.04 Å². The number of benzene rings is 1. The van der Waals surface area contributed by atoms with Crippen molar-refractivity contribution in [3.63, 3.8) is 0 Å². The first-order valence-corrected chi connectivity index (χ1v) is 8.84. The zero-order valence-electron chi connectivity index (χ0n) is 10.7. The molecular formula is C13H20BrOSi. The van der Waals surface area contributed by atoms with Gasteiger partial charge in [0.1, 0.15) is 5.01 Å². The smallest absolute Gasteiger partial charge is 0.207 e. The van der Waals surface area contributed by atoms with Gasteiger partial charge in [-0.3, -0.25) is 0 Å². The highest BCUT2D eigenvalue weighted by Crippen LogP contribution is 2.29. The normalized spacial score (nSPS) is 14.2. The molecule has 0 N–H and O–H groups in total. The lowest BCUT2D eigenvalue weighted by atomic mass is 9.86. The van der Waals surface area contributed by atoms with Crippen molar-refractivity contribution in [2.75, 3.05) is 0 Å². The van der Waals surface area contributed by atoms with Crippen LogP contribution in [0, 0.1) is 0 Å². The van der Waals surface area contributed by atoms with Gasteiger partial charge < -0.3 is 4.43 Å². The lowest BCUT2D eigenvalue weighted by Gasteiger charge is -2.21. The van der Waals surface area contributed by atoms with E-state index >= 15 is 0 Å². The predicted octanol–water partition coefficient (Wildman–Crippen LogP) is 4.65. The molecule has 1 nitrogen and oxygen atoms in total. The third kappa shape index (κ3) is 4.04. The average molecular weight is 300 g/mol. The van der Waals surface area contributed by atoms with E-state index in [4.69, 9.17) is 4.43 Å². The van der Waals surface area contributed by atoms with Gasteiger partial charge in [0.05, 0.1) is 0 Å². The molecule has 1 unspecified atom stereocenters. The second kappa shape index (κ2) is 5.47. The van der Waals surface area contributed by atoms with Crippen LogP contribution in [0.5, 0.6) is 0 Å². The van der Waals surface area contributed by atoms with Crippen molar-refractivity contribution in [3.8, 4) is 0 Å². The first-order chi connectivity index (χ1) is 7.30. The lowest BCUT2D eigenvalue weighted by molar-refractivity contribution is 0.309. The van der Waals surface area contributed by atoms with Gasteiger partial charge >= 0.3 is 0 Å². The Morgan fingerprint density at radius 1 is 1.25 bits per heavy atom. The molecule has 0 aliphatic rings. The summed E-state index contributed by atoms with van der Waals surface area (Å²) in [6.45, 7) is 11.0. The average Bonchev–Trinajstić information content (AvgIpc) is 2.15. The summed E-state index contributed by atoms with van der Waals surface area (Å²) in [4.78, 5) is 0. The van der Waals surface area contributed by atoms with Crippen LogP contribution >= 0.6 is 15.9 Å². The molecule has 0 aliphatic carbocycles. The van der Waals surface area contributed by atoms with Gasteiger partial charge in [0, 0.05) is 0 Å². The molecule has 0 fully saturated rings. The van der Waals surface area contributed by atoms with E-state index < -0.39 is 9.04 Å². The van der Waals surface area contributed by atoms with Crippen LogP contribution in [0.15, 0.2) is 24.3 Å². The van der Waals surface area contributed by atoms with E-state index in [1.54, 1.807) is 0 Å². The fraction of sp³-hybridized carbons (Fsp3) is 0.538. The standard InChI is InChI=1S/C13H20BrOSi/c1-13(2,3)11-8-6-7-10(9-11)12(14)15-16(4)5/h6-9,12H,1-5H3. The first-order valence-electron chi connectivity index (χ1n) is 5.52. The highest BCUT2D eigenvalue weighted by Gasteiger charge is 2.16. The summed E-state index contributed by atoms with van der Waals surface area (Å²) in [5.74, 6) is 0. The zero-order chi connectivity index (χ0) is 12.3. The minimum absolute atomic E-state index is 0.0266. The fourth-order valence-corrected chi connectivity index (χ4v) is 3.38. The Bertz CT molecular complexity index is 344. The van der Waals surface area contributed by atoms with Gasteiger partial charge in [-0.1, -0.05) is 61.0 Å². The molecule has 89 valence electrons. The number of hydrogen-bond acceptors (Lipinski definition) is 1. The molecule has 0 spiro atoms. The molecule has 0 aliphatic heterocycles. The summed E-state index contributed by atoms with van der Waals surface area (Å²) in [6, 6.07) is 8.61. The molecule has 16 heavy (non-hydrogen) atoms. The molecule has 1 atom stereocenters. The second-order valence-corrected chi connectivity index (χ2v) is 8.10. The van der Waals surface area contributed by atoms with E-state index in [9.17, 15) is 0 Å². The third-order valence-electron chi connectivity index (χ3n) is 2.35. The van der Waals surface area contributed by atoms with Crippen molar-refractivity contribution in [2.24, 2.45) is 0 Å². The molecule has 1 aromatic carbocycles. The zero-order valence-corrected chi connectivity index (χ0v) is 13.3. The summed E-state index contributed by atoms with van der Waals surface area (Å²) >= 11 is 3.59. The van der Waals surface area contributed by atoms with Crippen molar-refractivity contribution in [1.82, 2.24) is 0 Å². The third-order valence-corrected chi connectivity index (χ3v) is 4.12. The maximum Gasteiger partial charge on any atom is 0.207 e. The topological polar surface area (TPSA) is 9.23 Å². The van der Waals surface area contributed by atoms with Crippen LogP contribution in [0.2, 0.25) is 13.1 Å². The minimum Gasteiger partial charge on any atom is -0.401 e. The quantitative estimate of drug-likeness (QED) is 0.583. The van der Waals surface area contributed by atoms with Crippen LogP contribution in [0.25, 0.3) is 0 Å². The maximum atomic E-state index is 5.82. The highest BCUT2D eigenvalue weighted by molar-refractivity contribution is 9.09. The van der Waals surface area contributed by atoms with Gasteiger partial charge in [-0.2, -0.15) is 0 Å². The summed E-state index contributed by atoms with van der Waals surface area (Å²) in [5, 5.41) is 0.0266. The molecular weight excluding hydrogens is 280 g/mol. The highest BCUT2D eigenvalue weighted by atomic mass is 79.9. The molecule has 1 aromatic rings. The Morgan fingerprint density at radius 2 is 1.88 bits per heavy atom. The molecule has 0 heterocycles. The SMILES string of the molecule is C[Si](C)OC(Br)c1cccc(C(C)(C)C)c1. The molecule has 0 bridgehead atoms. The van der Waals surface area contributed by atoms with Crippen LogP contribution in [0.4, 0.5) is 0 Å². The van der Waals surface area contributed by atoms with Gasteiger partial charge in [0.2, 0.25) is 9.04 Å². The van der Waals surface area contributed by atoms with Crippen LogP contribution in [0.1, 0.15) is 36.9 Å². The van der Waals surface area contributed by atoms with Crippen LogP contribution in [0.3, 0.4) is 0 Å². The predicted molar refractivity (Wildman–Crippen MR) is 75.4 cm³/mol. The van der Waals surface area contributed by atoms with Gasteiger partial charge in [-0.25, -0.2) is 0 Å². The first kappa shape index (κ1) is 13.9. The van der Waals surface area contributed by atoms with Crippen molar-refractivity contribution in [1.29, 1.82) is 0 Å². The lowest BCUT2D eigenvalue weighted by Crippen LogP contribution is -2.13. The second-order valence-electron chi connectivity index (χ2n) is 5.22. The van der Waals surface area contributed by atoms with Crippen LogP contribution in [-0.2, 0) is 9.84 Å². The Balaban J connectivity index is 2.90. The van der Waals surface area contributed by atoms with Crippen molar-refractivity contribution in [3.05, 3.63) is 35.4 Å². The number of rotatable bonds is 3. The largest absolute Gasteiger partial charge is 0.401 e. The van der Waals surface area contributed by atoms with Crippen molar-refractivity contribution < 1.29 is 4.43 Å². The monoisotopic (exact) mass is 299 g/mol. The molecule has 0 aromatic heterocycles. The fourth-order valence-electron chi connectivity index (χ4n) is 1.42. The van der Waals surface area contributed by atoms with E-state index in [1.165, 1.54) is 11.1 Å². The number of hydrogen-bond donors (Lipinski definition) is 0. The summed E-state index contributed by atoms with van der Waals surface area (Å²) in [6.07, 6.45) is 0. The Labute approximate surface area is 109 Å². The molecule has 1 rings (SSSR count). The molecule has 0 saturated carbocycles. The van der Waals surface area contributed by atoms with E-state index in [0.29, 0.717) is 0 Å². The van der Waals surface area contributed by atoms with Crippen LogP contribution < -0.4 is 0 Å². The van der Waals surface area contributed by atoms with Crippen molar-refractivity contribution in [2.45, 2.75) is 44.3 Å². The maximum absolute atomic E-state index is 5.82. The van der Waals surface area contributed by atoms with Gasteiger partial charge in [-0.15, -0.1) is 0 Å². The van der Waals surface area contributed by atoms with E-state index in [0.717, 1.165) is 0 Å². The van der Waals surface area contributed by atoms with Gasteiger partial charge in [0.15, 0.2) is 0 Å². The molecule has 1 radical (unpaired) electrons. The van der Waals surface area contributed by atoms with E-state index in [-0.39, 0.29) is 10.4 Å². The Hall–Kier alpha value is -0.123. The Morgan fingerprint density at radius 3 is 2.38 bits per heavy atom. The number of alkyl halides is 1. The van der Waals surface area contributed by atoms with Gasteiger partial charge in [0.25, 0.3) is 0 Å². The van der Waals surface area contributed by atoms with Gasteiger partial charge in [-0.05, 0) is 29.6 Å². The summed E-state index contributed by atoms with van der Waals surface area (Å²) < 4.78 is 5.82. The molecule has 0 amide bonds. The Kier molecular flexibility index (Phi) is 4.77. The summed E-state index contributed by atoms with van der Waals surface area (Å²) in [7, 11) is -0.675. The number of halogens is 1.